The fourth-order valence-corrected chi connectivity index (χ4v) is 2.09. The summed E-state index contributed by atoms with van der Waals surface area (Å²) < 4.78 is 1.78. The Bertz CT molecular complexity index is 339. The van der Waals surface area contributed by atoms with Gasteiger partial charge in [-0.3, -0.25) is 9.48 Å². The summed E-state index contributed by atoms with van der Waals surface area (Å²) in [5.41, 5.74) is 0.768. The molecule has 0 amide bonds. The summed E-state index contributed by atoms with van der Waals surface area (Å²) in [5, 5.41) is 7.40. The van der Waals surface area contributed by atoms with Crippen molar-refractivity contribution in [1.82, 2.24) is 15.1 Å². The Kier molecular flexibility index (Phi) is 3.16. The highest BCUT2D eigenvalue weighted by Crippen LogP contribution is 2.17. The molecule has 1 aliphatic rings. The third-order valence-electron chi connectivity index (χ3n) is 2.98. The molecule has 4 nitrogen and oxygen atoms in total. The standard InChI is InChI=1S/C11H17N3O/c1-2-14-10(5-8-13-14)11(15)9-3-6-12-7-4-9/h5,8-9,12H,2-4,6-7H2,1H3. The van der Waals surface area contributed by atoms with E-state index in [1.165, 1.54) is 0 Å². The molecule has 0 aliphatic carbocycles. The average Bonchev–Trinajstić information content (AvgIpc) is 2.77. The van der Waals surface area contributed by atoms with Crippen molar-refractivity contribution in [3.8, 4) is 0 Å². The van der Waals surface area contributed by atoms with E-state index in [0.29, 0.717) is 0 Å². The zero-order valence-electron chi connectivity index (χ0n) is 9.07. The van der Waals surface area contributed by atoms with Crippen LogP contribution in [0.5, 0.6) is 0 Å². The van der Waals surface area contributed by atoms with Crippen molar-refractivity contribution in [2.75, 3.05) is 13.1 Å². The van der Waals surface area contributed by atoms with E-state index in [1.807, 2.05) is 13.0 Å². The minimum atomic E-state index is 0.188. The number of carbonyl (C=O) groups excluding carboxylic acids is 1. The maximum Gasteiger partial charge on any atom is 0.184 e. The summed E-state index contributed by atoms with van der Waals surface area (Å²) >= 11 is 0. The van der Waals surface area contributed by atoms with E-state index < -0.39 is 0 Å². The number of piperidine rings is 1. The first-order chi connectivity index (χ1) is 7.33. The molecule has 0 spiro atoms. The van der Waals surface area contributed by atoms with Gasteiger partial charge in [-0.1, -0.05) is 0 Å². The summed E-state index contributed by atoms with van der Waals surface area (Å²) in [6, 6.07) is 1.83. The van der Waals surface area contributed by atoms with E-state index in [1.54, 1.807) is 10.9 Å². The molecule has 0 atom stereocenters. The maximum atomic E-state index is 12.2. The van der Waals surface area contributed by atoms with Crippen LogP contribution in [0.25, 0.3) is 0 Å². The predicted octanol–water partition coefficient (Wildman–Crippen LogP) is 1.09. The molecule has 1 N–H and O–H groups in total. The first kappa shape index (κ1) is 10.4. The zero-order chi connectivity index (χ0) is 10.7. The molecule has 0 radical (unpaired) electrons. The van der Waals surface area contributed by atoms with Crippen LogP contribution in [0.15, 0.2) is 12.3 Å². The van der Waals surface area contributed by atoms with Crippen molar-refractivity contribution in [3.05, 3.63) is 18.0 Å². The maximum absolute atomic E-state index is 12.2. The van der Waals surface area contributed by atoms with Crippen LogP contribution in [0.3, 0.4) is 0 Å². The molecule has 82 valence electrons. The average molecular weight is 207 g/mol. The largest absolute Gasteiger partial charge is 0.317 e. The molecular weight excluding hydrogens is 190 g/mol. The molecule has 0 bridgehead atoms. The Morgan fingerprint density at radius 3 is 3.00 bits per heavy atom. The molecule has 15 heavy (non-hydrogen) atoms. The number of nitrogens with one attached hydrogen (secondary N) is 1. The van der Waals surface area contributed by atoms with E-state index in [0.717, 1.165) is 38.2 Å². The van der Waals surface area contributed by atoms with Crippen molar-refractivity contribution in [2.45, 2.75) is 26.3 Å². The smallest absolute Gasteiger partial charge is 0.184 e. The second-order valence-electron chi connectivity index (χ2n) is 3.92. The third-order valence-corrected chi connectivity index (χ3v) is 2.98. The molecular formula is C11H17N3O. The van der Waals surface area contributed by atoms with Gasteiger partial charge < -0.3 is 5.32 Å². The Labute approximate surface area is 89.7 Å². The van der Waals surface area contributed by atoms with Gasteiger partial charge >= 0.3 is 0 Å². The number of aryl methyl sites for hydroxylation is 1. The Morgan fingerprint density at radius 2 is 2.33 bits per heavy atom. The fourth-order valence-electron chi connectivity index (χ4n) is 2.09. The number of rotatable bonds is 3. The molecule has 2 rings (SSSR count). The highest BCUT2D eigenvalue weighted by Gasteiger charge is 2.24. The lowest BCUT2D eigenvalue weighted by atomic mass is 9.92. The molecule has 2 heterocycles. The second kappa shape index (κ2) is 4.57. The molecule has 1 aromatic rings. The third kappa shape index (κ3) is 2.09. The van der Waals surface area contributed by atoms with Gasteiger partial charge in [-0.25, -0.2) is 0 Å². The topological polar surface area (TPSA) is 46.9 Å². The van der Waals surface area contributed by atoms with Gasteiger partial charge in [0.15, 0.2) is 5.78 Å². The van der Waals surface area contributed by atoms with Gasteiger partial charge in [0.25, 0.3) is 0 Å². The summed E-state index contributed by atoms with van der Waals surface area (Å²) in [5.74, 6) is 0.448. The Hall–Kier alpha value is -1.16. The van der Waals surface area contributed by atoms with E-state index in [4.69, 9.17) is 0 Å². The van der Waals surface area contributed by atoms with Crippen molar-refractivity contribution >= 4 is 5.78 Å². The monoisotopic (exact) mass is 207 g/mol. The lowest BCUT2D eigenvalue weighted by Gasteiger charge is -2.21. The molecule has 1 saturated heterocycles. The molecule has 1 aromatic heterocycles. The summed E-state index contributed by atoms with van der Waals surface area (Å²) in [4.78, 5) is 12.2. The van der Waals surface area contributed by atoms with Gasteiger partial charge in [0.05, 0.1) is 0 Å². The summed E-state index contributed by atoms with van der Waals surface area (Å²) in [6.07, 6.45) is 3.61. The summed E-state index contributed by atoms with van der Waals surface area (Å²) in [7, 11) is 0. The zero-order valence-corrected chi connectivity index (χ0v) is 9.07. The molecule has 0 saturated carbocycles. The van der Waals surface area contributed by atoms with Crippen LogP contribution >= 0.6 is 0 Å². The molecule has 1 fully saturated rings. The van der Waals surface area contributed by atoms with Crippen LogP contribution in [-0.2, 0) is 6.54 Å². The van der Waals surface area contributed by atoms with Crippen molar-refractivity contribution < 1.29 is 4.79 Å². The SMILES string of the molecule is CCn1nccc1C(=O)C1CCNCC1. The normalized spacial score (nSPS) is 17.9. The van der Waals surface area contributed by atoms with Gasteiger partial charge in [-0.2, -0.15) is 5.10 Å². The number of hydrogen-bond acceptors (Lipinski definition) is 3. The molecule has 4 heteroatoms. The van der Waals surface area contributed by atoms with Crippen molar-refractivity contribution in [2.24, 2.45) is 5.92 Å². The van der Waals surface area contributed by atoms with Gasteiger partial charge in [0.2, 0.25) is 0 Å². The lowest BCUT2D eigenvalue weighted by molar-refractivity contribution is 0.0884. The van der Waals surface area contributed by atoms with Crippen molar-refractivity contribution in [3.63, 3.8) is 0 Å². The number of Topliss-reactive ketones (excluding diaryl/α,β-unsaturated/α-hetero) is 1. The van der Waals surface area contributed by atoms with E-state index in [9.17, 15) is 4.79 Å². The van der Waals surface area contributed by atoms with Crippen LogP contribution in [0, 0.1) is 5.92 Å². The number of hydrogen-bond donors (Lipinski definition) is 1. The van der Waals surface area contributed by atoms with E-state index >= 15 is 0 Å². The van der Waals surface area contributed by atoms with Gasteiger partial charge in [0.1, 0.15) is 5.69 Å². The van der Waals surface area contributed by atoms with Crippen LogP contribution in [0.4, 0.5) is 0 Å². The van der Waals surface area contributed by atoms with Crippen LogP contribution in [0.2, 0.25) is 0 Å². The predicted molar refractivity (Wildman–Crippen MR) is 57.8 cm³/mol. The van der Waals surface area contributed by atoms with Gasteiger partial charge in [-0.05, 0) is 38.9 Å². The Balaban J connectivity index is 2.12. The number of nitrogens with zero attached hydrogens (tertiary/aromatic N) is 2. The van der Waals surface area contributed by atoms with Gasteiger partial charge in [0, 0.05) is 18.7 Å². The van der Waals surface area contributed by atoms with E-state index in [-0.39, 0.29) is 11.7 Å². The lowest BCUT2D eigenvalue weighted by Crippen LogP contribution is -2.32. The highest BCUT2D eigenvalue weighted by molar-refractivity contribution is 5.96. The van der Waals surface area contributed by atoms with Crippen molar-refractivity contribution in [1.29, 1.82) is 0 Å². The molecule has 1 aliphatic heterocycles. The molecule has 0 unspecified atom stereocenters. The minimum absolute atomic E-state index is 0.188. The Morgan fingerprint density at radius 1 is 1.60 bits per heavy atom. The summed E-state index contributed by atoms with van der Waals surface area (Å²) in [6.45, 7) is 4.68. The first-order valence-corrected chi connectivity index (χ1v) is 5.59. The minimum Gasteiger partial charge on any atom is -0.317 e. The van der Waals surface area contributed by atoms with Crippen LogP contribution in [0.1, 0.15) is 30.3 Å². The van der Waals surface area contributed by atoms with Crippen LogP contribution < -0.4 is 5.32 Å². The molecule has 0 aromatic carbocycles. The fraction of sp³-hybridized carbons (Fsp3) is 0.636. The van der Waals surface area contributed by atoms with Crippen LogP contribution in [-0.4, -0.2) is 28.7 Å². The number of ketones is 1. The van der Waals surface area contributed by atoms with Gasteiger partial charge in [-0.15, -0.1) is 0 Å². The second-order valence-corrected chi connectivity index (χ2v) is 3.92. The number of aromatic nitrogens is 2. The van der Waals surface area contributed by atoms with E-state index in [2.05, 4.69) is 10.4 Å². The first-order valence-electron chi connectivity index (χ1n) is 5.59. The number of carbonyl (C=O) groups is 1. The quantitative estimate of drug-likeness (QED) is 0.755. The highest BCUT2D eigenvalue weighted by atomic mass is 16.1.